The van der Waals surface area contributed by atoms with Crippen molar-refractivity contribution in [3.05, 3.63) is 70.8 Å². The fourth-order valence-corrected chi connectivity index (χ4v) is 5.33. The molecule has 0 N–H and O–H groups in total. The summed E-state index contributed by atoms with van der Waals surface area (Å²) in [7, 11) is 0.764. The van der Waals surface area contributed by atoms with E-state index in [9.17, 15) is 0 Å². The molecule has 0 unspecified atom stereocenters. The summed E-state index contributed by atoms with van der Waals surface area (Å²) in [5.74, 6) is 0. The first-order valence-electron chi connectivity index (χ1n) is 8.13. The zero-order chi connectivity index (χ0) is 16.1. The summed E-state index contributed by atoms with van der Waals surface area (Å²) in [5.41, 5.74) is 11.1. The van der Waals surface area contributed by atoms with Gasteiger partial charge in [0.05, 0.1) is 0 Å². The standard InChI is InChI=1S/C22H20Si.Li/c1-13-8-14(2)11-17(10-13)18-6-5-7-19-20-12-15(3)9-16(4)21(20)23-22(18)19;/h5-12H,1-4H3;/q-1;+1. The van der Waals surface area contributed by atoms with Crippen LogP contribution in [0.2, 0.25) is 0 Å². The molecule has 3 aromatic carbocycles. The van der Waals surface area contributed by atoms with E-state index in [0.29, 0.717) is 0 Å². The summed E-state index contributed by atoms with van der Waals surface area (Å²) in [6.45, 7) is 8.82. The van der Waals surface area contributed by atoms with Crippen molar-refractivity contribution in [1.82, 2.24) is 0 Å². The molecule has 4 rings (SSSR count). The first-order valence-corrected chi connectivity index (χ1v) is 9.13. The van der Waals surface area contributed by atoms with Gasteiger partial charge in [0.25, 0.3) is 0 Å². The molecule has 1 aliphatic rings. The third-order valence-corrected chi connectivity index (χ3v) is 6.32. The summed E-state index contributed by atoms with van der Waals surface area (Å²) in [6.07, 6.45) is 0. The van der Waals surface area contributed by atoms with Crippen LogP contribution < -0.4 is 29.2 Å². The molecule has 24 heavy (non-hydrogen) atoms. The number of fused-ring (bicyclic) bond motifs is 3. The summed E-state index contributed by atoms with van der Waals surface area (Å²) < 4.78 is 0. The Labute approximate surface area is 159 Å². The number of hydrogen-bond acceptors (Lipinski definition) is 0. The summed E-state index contributed by atoms with van der Waals surface area (Å²) in [4.78, 5) is 0. The largest absolute Gasteiger partial charge is 1.00 e. The van der Waals surface area contributed by atoms with Crippen molar-refractivity contribution in [3.8, 4) is 22.3 Å². The van der Waals surface area contributed by atoms with Crippen LogP contribution in [0.3, 0.4) is 0 Å². The molecule has 1 aliphatic heterocycles. The number of aryl methyl sites for hydroxylation is 4. The number of benzene rings is 3. The van der Waals surface area contributed by atoms with Gasteiger partial charge in [-0.25, -0.2) is 10.4 Å². The van der Waals surface area contributed by atoms with Gasteiger partial charge >= 0.3 is 18.9 Å². The van der Waals surface area contributed by atoms with Gasteiger partial charge in [-0.1, -0.05) is 87.5 Å². The summed E-state index contributed by atoms with van der Waals surface area (Å²) >= 11 is 0. The minimum atomic E-state index is 0. The van der Waals surface area contributed by atoms with Crippen LogP contribution in [0.1, 0.15) is 22.3 Å². The van der Waals surface area contributed by atoms with Crippen LogP contribution in [0.25, 0.3) is 22.3 Å². The molecule has 2 heteroatoms. The van der Waals surface area contributed by atoms with E-state index in [0.717, 1.165) is 9.52 Å². The quantitative estimate of drug-likeness (QED) is 0.463. The van der Waals surface area contributed by atoms with Crippen LogP contribution in [-0.2, 0) is 0 Å². The fraction of sp³-hybridized carbons (Fsp3) is 0.182. The minimum Gasteiger partial charge on any atom is -0.394 e. The van der Waals surface area contributed by atoms with Crippen molar-refractivity contribution in [1.29, 1.82) is 0 Å². The molecule has 0 aromatic heterocycles. The molecular formula is C22H20LiSi. The Morgan fingerprint density at radius 2 is 1.25 bits per heavy atom. The van der Waals surface area contributed by atoms with E-state index in [1.807, 2.05) is 0 Å². The van der Waals surface area contributed by atoms with E-state index in [1.165, 1.54) is 54.9 Å². The number of rotatable bonds is 1. The molecule has 113 valence electrons. The first kappa shape index (κ1) is 17.3. The predicted octanol–water partition coefficient (Wildman–Crippen LogP) is 1.23. The summed E-state index contributed by atoms with van der Waals surface area (Å²) in [6, 6.07) is 18.3. The molecule has 0 spiro atoms. The molecule has 0 amide bonds. The Bertz CT molecular complexity index is 921. The van der Waals surface area contributed by atoms with Crippen molar-refractivity contribution >= 4 is 19.9 Å². The van der Waals surface area contributed by atoms with E-state index in [2.05, 4.69) is 76.2 Å². The Balaban J connectivity index is 0.00000169. The van der Waals surface area contributed by atoms with Gasteiger partial charge in [-0.3, -0.25) is 0 Å². The molecular weight excluding hydrogens is 299 g/mol. The Morgan fingerprint density at radius 1 is 0.625 bits per heavy atom. The van der Waals surface area contributed by atoms with Crippen molar-refractivity contribution < 1.29 is 18.9 Å². The molecule has 0 saturated carbocycles. The molecule has 0 aliphatic carbocycles. The van der Waals surface area contributed by atoms with Gasteiger partial charge in [-0.2, -0.15) is 0 Å². The Hall–Kier alpha value is -1.53. The second-order valence-electron chi connectivity index (χ2n) is 6.73. The first-order chi connectivity index (χ1) is 11.0. The fourth-order valence-electron chi connectivity index (χ4n) is 3.75. The van der Waals surface area contributed by atoms with Crippen molar-refractivity contribution in [2.75, 3.05) is 0 Å². The molecule has 0 fully saturated rings. The van der Waals surface area contributed by atoms with E-state index >= 15 is 0 Å². The average molecular weight is 319 g/mol. The monoisotopic (exact) mass is 319 g/mol. The van der Waals surface area contributed by atoms with Gasteiger partial charge in [0, 0.05) is 0 Å². The predicted molar refractivity (Wildman–Crippen MR) is 101 cm³/mol. The topological polar surface area (TPSA) is 0 Å². The smallest absolute Gasteiger partial charge is 0.394 e. The third-order valence-electron chi connectivity index (χ3n) is 4.62. The van der Waals surface area contributed by atoms with Gasteiger partial charge < -0.3 is 9.52 Å². The van der Waals surface area contributed by atoms with Crippen LogP contribution in [0.15, 0.2) is 48.5 Å². The van der Waals surface area contributed by atoms with Crippen molar-refractivity contribution in [2.24, 2.45) is 0 Å². The second kappa shape index (κ2) is 6.41. The van der Waals surface area contributed by atoms with E-state index in [1.54, 1.807) is 0 Å². The van der Waals surface area contributed by atoms with Gasteiger partial charge in [0.2, 0.25) is 0 Å². The SMILES string of the molecule is Cc1cc(C)cc(-c2cccc3c2[Si-]c2c(C)cc(C)cc2-3)c1.[Li+]. The summed E-state index contributed by atoms with van der Waals surface area (Å²) in [5, 5.41) is 3.05. The molecule has 1 heterocycles. The van der Waals surface area contributed by atoms with Crippen LogP contribution >= 0.6 is 0 Å². The van der Waals surface area contributed by atoms with Crippen LogP contribution in [0.5, 0.6) is 0 Å². The van der Waals surface area contributed by atoms with Crippen molar-refractivity contribution in [3.63, 3.8) is 0 Å². The zero-order valence-corrected chi connectivity index (χ0v) is 16.1. The Morgan fingerprint density at radius 3 is 1.96 bits per heavy atom. The number of hydrogen-bond donors (Lipinski definition) is 0. The molecule has 3 aromatic rings. The third kappa shape index (κ3) is 2.82. The second-order valence-corrected chi connectivity index (χ2v) is 7.98. The van der Waals surface area contributed by atoms with E-state index in [-0.39, 0.29) is 18.9 Å². The minimum absolute atomic E-state index is 0. The normalized spacial score (nSPS) is 11.3. The van der Waals surface area contributed by atoms with E-state index < -0.39 is 0 Å². The molecule has 0 bridgehead atoms. The zero-order valence-electron chi connectivity index (χ0n) is 15.1. The van der Waals surface area contributed by atoms with Gasteiger partial charge in [0.1, 0.15) is 0 Å². The maximum Gasteiger partial charge on any atom is 1.00 e. The van der Waals surface area contributed by atoms with E-state index in [4.69, 9.17) is 0 Å². The molecule has 0 saturated heterocycles. The molecule has 0 atom stereocenters. The van der Waals surface area contributed by atoms with Crippen LogP contribution in [0.4, 0.5) is 0 Å². The van der Waals surface area contributed by atoms with Crippen LogP contribution in [0, 0.1) is 27.7 Å². The Kier molecular flexibility index (Phi) is 4.62. The molecule has 1 radical (unpaired) electrons. The maximum absolute atomic E-state index is 2.35. The van der Waals surface area contributed by atoms with Gasteiger partial charge in [0.15, 0.2) is 0 Å². The average Bonchev–Trinajstić information content (AvgIpc) is 2.85. The van der Waals surface area contributed by atoms with Gasteiger partial charge in [-0.15, -0.1) is 0 Å². The van der Waals surface area contributed by atoms with Crippen molar-refractivity contribution in [2.45, 2.75) is 27.7 Å². The molecule has 0 nitrogen and oxygen atoms in total. The maximum atomic E-state index is 2.35. The van der Waals surface area contributed by atoms with Crippen LogP contribution in [-0.4, -0.2) is 9.52 Å². The van der Waals surface area contributed by atoms with Gasteiger partial charge in [-0.05, 0) is 33.3 Å².